The lowest BCUT2D eigenvalue weighted by Crippen LogP contribution is -2.51. The zero-order chi connectivity index (χ0) is 21.7. The number of amides is 1. The summed E-state index contributed by atoms with van der Waals surface area (Å²) in [6.45, 7) is 9.04. The number of rotatable bonds is 9. The van der Waals surface area contributed by atoms with E-state index >= 15 is 0 Å². The predicted molar refractivity (Wildman–Crippen MR) is 108 cm³/mol. The molecule has 2 rings (SSSR count). The van der Waals surface area contributed by atoms with Gasteiger partial charge in [0.05, 0.1) is 12.0 Å². The van der Waals surface area contributed by atoms with Gasteiger partial charge in [0.2, 0.25) is 0 Å². The summed E-state index contributed by atoms with van der Waals surface area (Å²) >= 11 is 0. The fourth-order valence-corrected chi connectivity index (χ4v) is 3.23. The van der Waals surface area contributed by atoms with E-state index in [0.29, 0.717) is 16.9 Å². The Bertz CT molecular complexity index is 946. The Kier molecular flexibility index (Phi) is 7.42. The SMILES string of the molecule is CCCc1cc(=O)oc2c(C)c(O[C@@H](C)C(=O)N[C@@H](CC(C)C)C(=O)[O-])ccc12. The highest BCUT2D eigenvalue weighted by Crippen LogP contribution is 2.29. The number of carboxylic acids is 1. The summed E-state index contributed by atoms with van der Waals surface area (Å²) < 4.78 is 11.1. The van der Waals surface area contributed by atoms with E-state index in [4.69, 9.17) is 9.15 Å². The largest absolute Gasteiger partial charge is 0.548 e. The van der Waals surface area contributed by atoms with E-state index in [2.05, 4.69) is 5.32 Å². The molecule has 0 aliphatic rings. The van der Waals surface area contributed by atoms with Crippen molar-refractivity contribution in [1.29, 1.82) is 0 Å². The zero-order valence-electron chi connectivity index (χ0n) is 17.5. The fourth-order valence-electron chi connectivity index (χ4n) is 3.23. The monoisotopic (exact) mass is 402 g/mol. The van der Waals surface area contributed by atoms with Gasteiger partial charge >= 0.3 is 5.63 Å². The Morgan fingerprint density at radius 2 is 1.93 bits per heavy atom. The van der Waals surface area contributed by atoms with Crippen molar-refractivity contribution in [2.75, 3.05) is 0 Å². The molecule has 0 saturated heterocycles. The lowest BCUT2D eigenvalue weighted by molar-refractivity contribution is -0.308. The van der Waals surface area contributed by atoms with Crippen molar-refractivity contribution in [2.24, 2.45) is 5.92 Å². The minimum absolute atomic E-state index is 0.0809. The highest BCUT2D eigenvalue weighted by atomic mass is 16.5. The topological polar surface area (TPSA) is 109 Å². The van der Waals surface area contributed by atoms with Gasteiger partial charge in [0, 0.05) is 17.0 Å². The molecule has 158 valence electrons. The average molecular weight is 402 g/mol. The van der Waals surface area contributed by atoms with Crippen LogP contribution in [-0.4, -0.2) is 24.0 Å². The predicted octanol–water partition coefficient (Wildman–Crippen LogP) is 2.10. The first-order chi connectivity index (χ1) is 13.6. The highest BCUT2D eigenvalue weighted by molar-refractivity contribution is 5.87. The summed E-state index contributed by atoms with van der Waals surface area (Å²) in [5.74, 6) is -1.41. The maximum Gasteiger partial charge on any atom is 0.336 e. The standard InChI is InChI=1S/C22H29NO6/c1-6-7-15-11-19(24)29-20-13(4)18(9-8-16(15)20)28-14(5)21(25)23-17(22(26)27)10-12(2)3/h8-9,11-12,14,17H,6-7,10H2,1-5H3,(H,23,25)(H,26,27)/p-1/t14-,17-/m0/s1. The van der Waals surface area contributed by atoms with Crippen LogP contribution >= 0.6 is 0 Å². The Labute approximate surface area is 170 Å². The molecule has 0 radical (unpaired) electrons. The Morgan fingerprint density at radius 1 is 1.24 bits per heavy atom. The van der Waals surface area contributed by atoms with Crippen LogP contribution in [0.25, 0.3) is 11.0 Å². The molecule has 1 heterocycles. The van der Waals surface area contributed by atoms with Gasteiger partial charge in [-0.15, -0.1) is 0 Å². The minimum atomic E-state index is -1.33. The summed E-state index contributed by atoms with van der Waals surface area (Å²) in [4.78, 5) is 35.6. The van der Waals surface area contributed by atoms with Crippen molar-refractivity contribution >= 4 is 22.8 Å². The third kappa shape index (κ3) is 5.59. The van der Waals surface area contributed by atoms with E-state index in [9.17, 15) is 19.5 Å². The van der Waals surface area contributed by atoms with Crippen LogP contribution in [0.15, 0.2) is 27.4 Å². The Balaban J connectivity index is 2.24. The van der Waals surface area contributed by atoms with Gasteiger partial charge in [0.25, 0.3) is 5.91 Å². The smallest absolute Gasteiger partial charge is 0.336 e. The van der Waals surface area contributed by atoms with Gasteiger partial charge in [-0.05, 0) is 50.3 Å². The minimum Gasteiger partial charge on any atom is -0.548 e. The molecule has 0 aliphatic heterocycles. The van der Waals surface area contributed by atoms with E-state index in [1.165, 1.54) is 13.0 Å². The average Bonchev–Trinajstić information content (AvgIpc) is 2.63. The first-order valence-corrected chi connectivity index (χ1v) is 9.88. The third-order valence-electron chi connectivity index (χ3n) is 4.70. The molecule has 0 saturated carbocycles. The molecule has 0 spiro atoms. The molecule has 1 amide bonds. The maximum absolute atomic E-state index is 12.4. The molecule has 1 aromatic heterocycles. The van der Waals surface area contributed by atoms with Crippen LogP contribution in [0.3, 0.4) is 0 Å². The molecular weight excluding hydrogens is 374 g/mol. The maximum atomic E-state index is 12.4. The number of ether oxygens (including phenoxy) is 1. The number of carbonyl (C=O) groups excluding carboxylic acids is 2. The second-order valence-electron chi connectivity index (χ2n) is 7.68. The van der Waals surface area contributed by atoms with Crippen LogP contribution < -0.4 is 20.8 Å². The van der Waals surface area contributed by atoms with Gasteiger partial charge in [-0.2, -0.15) is 0 Å². The second kappa shape index (κ2) is 9.58. The van der Waals surface area contributed by atoms with Crippen molar-refractivity contribution in [3.63, 3.8) is 0 Å². The van der Waals surface area contributed by atoms with Gasteiger partial charge in [0.1, 0.15) is 11.3 Å². The number of carbonyl (C=O) groups is 2. The molecular formula is C22H28NO6-. The van der Waals surface area contributed by atoms with E-state index < -0.39 is 29.6 Å². The van der Waals surface area contributed by atoms with Gasteiger partial charge in [-0.3, -0.25) is 4.79 Å². The van der Waals surface area contributed by atoms with Crippen LogP contribution in [0.2, 0.25) is 0 Å². The van der Waals surface area contributed by atoms with Crippen molar-refractivity contribution in [3.8, 4) is 5.75 Å². The number of carboxylic acid groups (broad SMARTS) is 1. The van der Waals surface area contributed by atoms with Gasteiger partial charge < -0.3 is 24.4 Å². The summed E-state index contributed by atoms with van der Waals surface area (Å²) in [5, 5.41) is 14.6. The van der Waals surface area contributed by atoms with Crippen LogP contribution in [0.5, 0.6) is 5.75 Å². The van der Waals surface area contributed by atoms with E-state index in [0.717, 1.165) is 23.8 Å². The van der Waals surface area contributed by atoms with Crippen molar-refractivity contribution < 1.29 is 23.8 Å². The molecule has 2 aromatic rings. The third-order valence-corrected chi connectivity index (χ3v) is 4.70. The van der Waals surface area contributed by atoms with Crippen LogP contribution in [0.1, 0.15) is 51.7 Å². The molecule has 0 fully saturated rings. The Morgan fingerprint density at radius 3 is 2.52 bits per heavy atom. The number of fused-ring (bicyclic) bond motifs is 1. The van der Waals surface area contributed by atoms with Crippen LogP contribution in [0.4, 0.5) is 0 Å². The number of hydrogen-bond acceptors (Lipinski definition) is 6. The van der Waals surface area contributed by atoms with Crippen LogP contribution in [0, 0.1) is 12.8 Å². The lowest BCUT2D eigenvalue weighted by atomic mass is 10.0. The molecule has 0 aliphatic carbocycles. The molecule has 7 nitrogen and oxygen atoms in total. The number of nitrogens with one attached hydrogen (secondary N) is 1. The fraction of sp³-hybridized carbons (Fsp3) is 0.500. The lowest BCUT2D eigenvalue weighted by Gasteiger charge is -2.24. The van der Waals surface area contributed by atoms with Crippen LogP contribution in [-0.2, 0) is 16.0 Å². The second-order valence-corrected chi connectivity index (χ2v) is 7.68. The number of benzene rings is 1. The van der Waals surface area contributed by atoms with Gasteiger partial charge in [-0.1, -0.05) is 27.2 Å². The first kappa shape index (κ1) is 22.5. The van der Waals surface area contributed by atoms with Crippen molar-refractivity contribution in [2.45, 2.75) is 66.0 Å². The summed E-state index contributed by atoms with van der Waals surface area (Å²) in [6, 6.07) is 3.95. The molecule has 1 aromatic carbocycles. The quantitative estimate of drug-likeness (QED) is 0.644. The van der Waals surface area contributed by atoms with Gasteiger partial charge in [-0.25, -0.2) is 4.79 Å². The normalized spacial score (nSPS) is 13.3. The van der Waals surface area contributed by atoms with Gasteiger partial charge in [0.15, 0.2) is 6.10 Å². The number of aryl methyl sites for hydroxylation is 2. The van der Waals surface area contributed by atoms with Crippen molar-refractivity contribution in [3.05, 3.63) is 39.7 Å². The molecule has 7 heteroatoms. The van der Waals surface area contributed by atoms with E-state index in [1.807, 2.05) is 20.8 Å². The zero-order valence-corrected chi connectivity index (χ0v) is 17.5. The molecule has 0 unspecified atom stereocenters. The Hall–Kier alpha value is -2.83. The highest BCUT2D eigenvalue weighted by Gasteiger charge is 2.22. The number of hydrogen-bond donors (Lipinski definition) is 1. The molecule has 2 atom stereocenters. The summed E-state index contributed by atoms with van der Waals surface area (Å²) in [5.41, 5.74) is 1.51. The summed E-state index contributed by atoms with van der Waals surface area (Å²) in [6.07, 6.45) is 0.969. The van der Waals surface area contributed by atoms with Crippen molar-refractivity contribution in [1.82, 2.24) is 5.32 Å². The number of aliphatic carboxylic acids is 1. The molecule has 0 bridgehead atoms. The van der Waals surface area contributed by atoms with E-state index in [-0.39, 0.29) is 12.3 Å². The molecule has 29 heavy (non-hydrogen) atoms. The molecule has 1 N–H and O–H groups in total. The van der Waals surface area contributed by atoms with E-state index in [1.54, 1.807) is 19.1 Å². The first-order valence-electron chi connectivity index (χ1n) is 9.88. The summed E-state index contributed by atoms with van der Waals surface area (Å²) in [7, 11) is 0.